The Labute approximate surface area is 191 Å². The average Bonchev–Trinajstić information content (AvgIpc) is 3.13. The number of nitrogens with one attached hydrogen (secondary N) is 1. The minimum Gasteiger partial charge on any atom is -0.467 e. The molecule has 0 fully saturated rings. The molecule has 4 rings (SSSR count). The molecule has 164 valence electrons. The van der Waals surface area contributed by atoms with Gasteiger partial charge >= 0.3 is 12.1 Å². The Morgan fingerprint density at radius 3 is 2.25 bits per heavy atom. The fraction of sp³-hybridized carbons (Fsp3) is 0.200. The fourth-order valence-electron chi connectivity index (χ4n) is 4.07. The summed E-state index contributed by atoms with van der Waals surface area (Å²) >= 11 is 5.96. The van der Waals surface area contributed by atoms with Crippen LogP contribution >= 0.6 is 11.6 Å². The van der Waals surface area contributed by atoms with Crippen LogP contribution in [0.4, 0.5) is 10.5 Å². The zero-order valence-corrected chi connectivity index (χ0v) is 18.3. The van der Waals surface area contributed by atoms with Gasteiger partial charge in [0.2, 0.25) is 0 Å². The summed E-state index contributed by atoms with van der Waals surface area (Å²) in [6.45, 7) is 0.154. The zero-order chi connectivity index (χ0) is 22.7. The third-order valence-corrected chi connectivity index (χ3v) is 5.97. The number of nitrogens with two attached hydrogens (primary N) is 1. The van der Waals surface area contributed by atoms with Gasteiger partial charge in [0.25, 0.3) is 0 Å². The lowest BCUT2D eigenvalue weighted by molar-refractivity contribution is -0.143. The molecule has 3 aromatic carbocycles. The van der Waals surface area contributed by atoms with E-state index in [0.29, 0.717) is 10.7 Å². The van der Waals surface area contributed by atoms with Crippen molar-refractivity contribution in [2.75, 3.05) is 19.5 Å². The van der Waals surface area contributed by atoms with Crippen LogP contribution in [-0.4, -0.2) is 31.8 Å². The van der Waals surface area contributed by atoms with Crippen molar-refractivity contribution in [3.05, 3.63) is 88.4 Å². The quantitative estimate of drug-likeness (QED) is 0.425. The summed E-state index contributed by atoms with van der Waals surface area (Å²) < 4.78 is 10.4. The van der Waals surface area contributed by atoms with Crippen molar-refractivity contribution in [2.24, 2.45) is 0 Å². The van der Waals surface area contributed by atoms with Gasteiger partial charge in [-0.15, -0.1) is 0 Å². The van der Waals surface area contributed by atoms with Gasteiger partial charge in [0.05, 0.1) is 17.8 Å². The predicted octanol–water partition coefficient (Wildman–Crippen LogP) is 4.55. The minimum atomic E-state index is -0.920. The highest BCUT2D eigenvalue weighted by Gasteiger charge is 2.30. The number of esters is 1. The Morgan fingerprint density at radius 1 is 1.03 bits per heavy atom. The van der Waals surface area contributed by atoms with Crippen molar-refractivity contribution in [3.8, 4) is 11.1 Å². The summed E-state index contributed by atoms with van der Waals surface area (Å²) in [6, 6.07) is 20.3. The third-order valence-electron chi connectivity index (χ3n) is 5.62. The number of hydrogen-bond acceptors (Lipinski definition) is 5. The molecule has 3 N–H and O–H groups in total. The molecule has 6 nitrogen and oxygen atoms in total. The van der Waals surface area contributed by atoms with E-state index in [1.807, 2.05) is 36.4 Å². The average molecular weight is 451 g/mol. The van der Waals surface area contributed by atoms with E-state index in [9.17, 15) is 9.59 Å². The van der Waals surface area contributed by atoms with Gasteiger partial charge in [0, 0.05) is 12.3 Å². The molecular formula is C25H23ClN2O4. The molecular weight excluding hydrogens is 428 g/mol. The van der Waals surface area contributed by atoms with Gasteiger partial charge in [-0.2, -0.15) is 0 Å². The highest BCUT2D eigenvalue weighted by molar-refractivity contribution is 6.33. The number of halogens is 1. The van der Waals surface area contributed by atoms with Crippen LogP contribution in [0.3, 0.4) is 0 Å². The maximum atomic E-state index is 12.6. The van der Waals surface area contributed by atoms with Gasteiger partial charge < -0.3 is 20.5 Å². The van der Waals surface area contributed by atoms with Gasteiger partial charge in [-0.1, -0.05) is 66.2 Å². The van der Waals surface area contributed by atoms with Crippen LogP contribution < -0.4 is 11.1 Å². The minimum absolute atomic E-state index is 0.0687. The topological polar surface area (TPSA) is 90.6 Å². The van der Waals surface area contributed by atoms with Gasteiger partial charge in [0.1, 0.15) is 12.6 Å². The number of alkyl carbamates (subject to hydrolysis) is 1. The summed E-state index contributed by atoms with van der Waals surface area (Å²) in [6.07, 6.45) is -0.498. The molecule has 0 bridgehead atoms. The Balaban J connectivity index is 1.45. The van der Waals surface area contributed by atoms with Crippen LogP contribution in [0.5, 0.6) is 0 Å². The fourth-order valence-corrected chi connectivity index (χ4v) is 4.19. The number of ether oxygens (including phenoxy) is 2. The second-order valence-corrected chi connectivity index (χ2v) is 8.01. The van der Waals surface area contributed by atoms with Gasteiger partial charge in [-0.05, 0) is 39.9 Å². The van der Waals surface area contributed by atoms with E-state index in [1.165, 1.54) is 7.11 Å². The summed E-state index contributed by atoms with van der Waals surface area (Å²) in [5.74, 6) is -0.646. The lowest BCUT2D eigenvalue weighted by atomic mass is 9.98. The van der Waals surface area contributed by atoms with E-state index < -0.39 is 18.1 Å². The summed E-state index contributed by atoms with van der Waals surface area (Å²) in [4.78, 5) is 24.8. The number of fused-ring (bicyclic) bond motifs is 3. The number of methoxy groups -OCH3 is 1. The van der Waals surface area contributed by atoms with Crippen LogP contribution in [0, 0.1) is 0 Å². The lowest BCUT2D eigenvalue weighted by Gasteiger charge is -2.19. The van der Waals surface area contributed by atoms with E-state index in [0.717, 1.165) is 27.8 Å². The van der Waals surface area contributed by atoms with Crippen LogP contribution in [-0.2, 0) is 20.7 Å². The highest BCUT2D eigenvalue weighted by atomic mass is 35.5. The number of anilines is 1. The van der Waals surface area contributed by atoms with Crippen LogP contribution in [0.15, 0.2) is 66.7 Å². The first kappa shape index (κ1) is 21.7. The Kier molecular flexibility index (Phi) is 6.32. The van der Waals surface area contributed by atoms with Crippen molar-refractivity contribution in [2.45, 2.75) is 18.4 Å². The van der Waals surface area contributed by atoms with Gasteiger partial charge in [-0.3, -0.25) is 0 Å². The molecule has 1 aliphatic carbocycles. The Morgan fingerprint density at radius 2 is 1.66 bits per heavy atom. The first-order valence-corrected chi connectivity index (χ1v) is 10.6. The number of hydrogen-bond donors (Lipinski definition) is 2. The van der Waals surface area contributed by atoms with Crippen molar-refractivity contribution >= 4 is 29.4 Å². The van der Waals surface area contributed by atoms with Crippen molar-refractivity contribution in [1.29, 1.82) is 0 Å². The molecule has 0 saturated carbocycles. The van der Waals surface area contributed by atoms with Crippen molar-refractivity contribution in [3.63, 3.8) is 0 Å². The third kappa shape index (κ3) is 4.41. The van der Waals surface area contributed by atoms with E-state index in [-0.39, 0.29) is 18.9 Å². The standard InChI is InChI=1S/C25H23ClN2O4/c1-31-24(29)23(13-15-10-11-21(26)22(27)12-15)28-25(30)32-14-20-18-8-4-2-6-16(18)17-7-3-5-9-19(17)20/h2-12,20,23H,13-14,27H2,1H3,(H,28,30)/t23-/m0/s1. The molecule has 0 spiro atoms. The molecule has 3 aromatic rings. The maximum absolute atomic E-state index is 12.6. The maximum Gasteiger partial charge on any atom is 0.407 e. The molecule has 0 aliphatic heterocycles. The number of benzene rings is 3. The zero-order valence-electron chi connectivity index (χ0n) is 17.5. The summed E-state index contributed by atoms with van der Waals surface area (Å²) in [5.41, 5.74) is 11.5. The largest absolute Gasteiger partial charge is 0.467 e. The smallest absolute Gasteiger partial charge is 0.407 e. The number of rotatable bonds is 6. The second-order valence-electron chi connectivity index (χ2n) is 7.61. The van der Waals surface area contributed by atoms with E-state index in [4.69, 9.17) is 26.8 Å². The van der Waals surface area contributed by atoms with E-state index in [1.54, 1.807) is 18.2 Å². The van der Waals surface area contributed by atoms with Gasteiger partial charge in [0.15, 0.2) is 0 Å². The monoisotopic (exact) mass is 450 g/mol. The Bertz CT molecular complexity index is 1120. The number of carbonyl (C=O) groups is 2. The van der Waals surface area contributed by atoms with Crippen LogP contribution in [0.1, 0.15) is 22.6 Å². The molecule has 1 atom stereocenters. The molecule has 0 radical (unpaired) electrons. The van der Waals surface area contributed by atoms with E-state index in [2.05, 4.69) is 17.4 Å². The molecule has 0 unspecified atom stereocenters. The van der Waals surface area contributed by atoms with Crippen LogP contribution in [0.2, 0.25) is 5.02 Å². The molecule has 32 heavy (non-hydrogen) atoms. The first-order valence-electron chi connectivity index (χ1n) is 10.2. The van der Waals surface area contributed by atoms with Crippen LogP contribution in [0.25, 0.3) is 11.1 Å². The summed E-state index contributed by atoms with van der Waals surface area (Å²) in [7, 11) is 1.27. The van der Waals surface area contributed by atoms with Crippen molar-refractivity contribution in [1.82, 2.24) is 5.32 Å². The second kappa shape index (κ2) is 9.32. The molecule has 0 aromatic heterocycles. The van der Waals surface area contributed by atoms with Crippen molar-refractivity contribution < 1.29 is 19.1 Å². The normalized spacial score (nSPS) is 13.1. The summed E-state index contributed by atoms with van der Waals surface area (Å²) in [5, 5.41) is 3.04. The van der Waals surface area contributed by atoms with E-state index >= 15 is 0 Å². The number of nitrogen functional groups attached to an aromatic ring is 1. The lowest BCUT2D eigenvalue weighted by Crippen LogP contribution is -2.43. The molecule has 0 saturated heterocycles. The number of amides is 1. The first-order chi connectivity index (χ1) is 15.5. The molecule has 0 heterocycles. The highest BCUT2D eigenvalue weighted by Crippen LogP contribution is 2.44. The molecule has 1 aliphatic rings. The predicted molar refractivity (Wildman–Crippen MR) is 124 cm³/mol. The van der Waals surface area contributed by atoms with Gasteiger partial charge in [-0.25, -0.2) is 9.59 Å². The number of carbonyl (C=O) groups excluding carboxylic acids is 2. The SMILES string of the molecule is COC(=O)[C@H](Cc1ccc(Cl)c(N)c1)NC(=O)OCC1c2ccccc2-c2ccccc21. The molecule has 1 amide bonds. The molecule has 7 heteroatoms. The Hall–Kier alpha value is -3.51.